The van der Waals surface area contributed by atoms with Gasteiger partial charge in [0.05, 0.1) is 6.10 Å². The average Bonchev–Trinajstić information content (AvgIpc) is 2.57. The molecule has 0 bridgehead atoms. The molecule has 22 heavy (non-hydrogen) atoms. The van der Waals surface area contributed by atoms with Gasteiger partial charge in [0.2, 0.25) is 0 Å². The van der Waals surface area contributed by atoms with Crippen molar-refractivity contribution in [3.05, 3.63) is 0 Å². The lowest BCUT2D eigenvalue weighted by atomic mass is 10.2. The number of carbonyl (C=O) groups excluding carboxylic acids is 1. The summed E-state index contributed by atoms with van der Waals surface area (Å²) in [5, 5.41) is 3.13. The molecule has 1 N–H and O–H groups in total. The quantitative estimate of drug-likeness (QED) is 0.786. The molecule has 0 aliphatic carbocycles. The largest absolute Gasteiger partial charge is 0.409 e. The molecular weight excluding hydrogens is 310 g/mol. The minimum absolute atomic E-state index is 0.0199. The normalized spacial score (nSPS) is 24.5. The van der Waals surface area contributed by atoms with Gasteiger partial charge in [-0.2, -0.15) is 0 Å². The van der Waals surface area contributed by atoms with Gasteiger partial charge in [0.15, 0.2) is 22.7 Å². The van der Waals surface area contributed by atoms with Gasteiger partial charge >= 0.3 is 0 Å². The van der Waals surface area contributed by atoms with Crippen LogP contribution in [-0.2, 0) is 13.6 Å². The standard InChI is InChI=1S/C16H35NO3Si2/c1-15(2,3)21(7,8)19-12-11-17-14(18)13(12)20-22(9,10)16(4,5)6/h12-13H,11H2,1-10H3,(H,17,18). The summed E-state index contributed by atoms with van der Waals surface area (Å²) in [7, 11) is -3.92. The molecule has 4 nitrogen and oxygen atoms in total. The van der Waals surface area contributed by atoms with Crippen molar-refractivity contribution >= 4 is 22.5 Å². The van der Waals surface area contributed by atoms with E-state index >= 15 is 0 Å². The van der Waals surface area contributed by atoms with E-state index in [0.29, 0.717) is 6.54 Å². The minimum Gasteiger partial charge on any atom is -0.409 e. The number of hydrogen-bond acceptors (Lipinski definition) is 3. The smallest absolute Gasteiger partial charge is 0.250 e. The van der Waals surface area contributed by atoms with Crippen LogP contribution in [0.4, 0.5) is 0 Å². The van der Waals surface area contributed by atoms with Gasteiger partial charge in [-0.1, -0.05) is 41.5 Å². The lowest BCUT2D eigenvalue weighted by molar-refractivity contribution is -0.127. The molecule has 0 aromatic heterocycles. The maximum Gasteiger partial charge on any atom is 0.250 e. The molecule has 0 aromatic rings. The fourth-order valence-corrected chi connectivity index (χ4v) is 4.42. The summed E-state index contributed by atoms with van der Waals surface area (Å²) >= 11 is 0. The van der Waals surface area contributed by atoms with Gasteiger partial charge in [-0.25, -0.2) is 0 Å². The second kappa shape index (κ2) is 6.03. The number of rotatable bonds is 4. The van der Waals surface area contributed by atoms with Crippen LogP contribution in [0.5, 0.6) is 0 Å². The Morgan fingerprint density at radius 3 is 1.73 bits per heavy atom. The van der Waals surface area contributed by atoms with E-state index in [1.807, 2.05) is 0 Å². The van der Waals surface area contributed by atoms with Gasteiger partial charge in [0.25, 0.3) is 5.91 Å². The Morgan fingerprint density at radius 2 is 1.32 bits per heavy atom. The first-order valence-electron chi connectivity index (χ1n) is 8.22. The van der Waals surface area contributed by atoms with E-state index in [-0.39, 0.29) is 22.1 Å². The van der Waals surface area contributed by atoms with Crippen LogP contribution in [0.1, 0.15) is 41.5 Å². The Morgan fingerprint density at radius 1 is 0.909 bits per heavy atom. The third-order valence-electron chi connectivity index (χ3n) is 5.55. The van der Waals surface area contributed by atoms with Gasteiger partial charge in [-0.3, -0.25) is 4.79 Å². The van der Waals surface area contributed by atoms with Crippen molar-refractivity contribution in [2.45, 2.75) is 90.0 Å². The predicted octanol–water partition coefficient (Wildman–Crippen LogP) is 3.90. The molecule has 1 rings (SSSR count). The fourth-order valence-electron chi connectivity index (χ4n) is 1.86. The number of carbonyl (C=O) groups is 1. The molecule has 2 atom stereocenters. The van der Waals surface area contributed by atoms with Gasteiger partial charge in [0.1, 0.15) is 0 Å². The van der Waals surface area contributed by atoms with Crippen molar-refractivity contribution in [1.29, 1.82) is 0 Å². The monoisotopic (exact) mass is 345 g/mol. The zero-order chi connectivity index (χ0) is 17.6. The molecular formula is C16H35NO3Si2. The molecule has 1 aliphatic rings. The molecule has 1 heterocycles. The third-order valence-corrected chi connectivity index (χ3v) is 14.5. The summed E-state index contributed by atoms with van der Waals surface area (Å²) in [5.41, 5.74) is 0. The molecule has 0 spiro atoms. The summed E-state index contributed by atoms with van der Waals surface area (Å²) in [6, 6.07) is 0. The maximum absolute atomic E-state index is 12.2. The van der Waals surface area contributed by atoms with E-state index in [9.17, 15) is 4.79 Å². The first-order valence-corrected chi connectivity index (χ1v) is 14.0. The summed E-state index contributed by atoms with van der Waals surface area (Å²) in [5.74, 6) is -0.0199. The van der Waals surface area contributed by atoms with Crippen molar-refractivity contribution in [2.75, 3.05) is 6.54 Å². The Labute approximate surface area is 138 Å². The molecule has 2 unspecified atom stereocenters. The Hall–Kier alpha value is -0.176. The summed E-state index contributed by atoms with van der Waals surface area (Å²) in [6.07, 6.45) is -0.627. The fraction of sp³-hybridized carbons (Fsp3) is 0.938. The van der Waals surface area contributed by atoms with Crippen LogP contribution in [0.2, 0.25) is 36.3 Å². The first-order chi connectivity index (χ1) is 9.58. The second-order valence-corrected chi connectivity index (χ2v) is 19.0. The van der Waals surface area contributed by atoms with E-state index in [1.165, 1.54) is 0 Å². The molecule has 1 aliphatic heterocycles. The minimum atomic E-state index is -2.00. The maximum atomic E-state index is 12.2. The lowest BCUT2D eigenvalue weighted by Crippen LogP contribution is -2.52. The number of nitrogens with one attached hydrogen (secondary N) is 1. The average molecular weight is 346 g/mol. The van der Waals surface area contributed by atoms with Crippen LogP contribution >= 0.6 is 0 Å². The zero-order valence-corrected chi connectivity index (χ0v) is 18.1. The second-order valence-electron chi connectivity index (χ2n) is 9.46. The summed E-state index contributed by atoms with van der Waals surface area (Å²) in [4.78, 5) is 12.2. The van der Waals surface area contributed by atoms with Crippen LogP contribution in [-0.4, -0.2) is 41.3 Å². The van der Waals surface area contributed by atoms with Crippen molar-refractivity contribution in [3.8, 4) is 0 Å². The van der Waals surface area contributed by atoms with Gasteiger partial charge < -0.3 is 14.2 Å². The van der Waals surface area contributed by atoms with E-state index in [4.69, 9.17) is 8.85 Å². The van der Waals surface area contributed by atoms with Crippen LogP contribution in [0, 0.1) is 0 Å². The van der Waals surface area contributed by atoms with Crippen LogP contribution in [0.25, 0.3) is 0 Å². The topological polar surface area (TPSA) is 47.6 Å². The van der Waals surface area contributed by atoms with Crippen molar-refractivity contribution < 1.29 is 13.6 Å². The van der Waals surface area contributed by atoms with Gasteiger partial charge in [0, 0.05) is 6.54 Å². The first kappa shape index (κ1) is 19.9. The van der Waals surface area contributed by atoms with Crippen molar-refractivity contribution in [1.82, 2.24) is 5.32 Å². The van der Waals surface area contributed by atoms with Crippen LogP contribution in [0.3, 0.4) is 0 Å². The highest BCUT2D eigenvalue weighted by atomic mass is 28.4. The lowest BCUT2D eigenvalue weighted by Gasteiger charge is -2.42. The highest BCUT2D eigenvalue weighted by molar-refractivity contribution is 6.74. The van der Waals surface area contributed by atoms with Crippen LogP contribution in [0.15, 0.2) is 0 Å². The zero-order valence-electron chi connectivity index (χ0n) is 16.1. The van der Waals surface area contributed by atoms with E-state index in [1.54, 1.807) is 0 Å². The molecule has 130 valence electrons. The van der Waals surface area contributed by atoms with E-state index < -0.39 is 22.7 Å². The summed E-state index contributed by atoms with van der Waals surface area (Å²) in [6.45, 7) is 22.6. The molecule has 1 fully saturated rings. The molecule has 1 amide bonds. The van der Waals surface area contributed by atoms with E-state index in [0.717, 1.165) is 0 Å². The van der Waals surface area contributed by atoms with Gasteiger partial charge in [-0.05, 0) is 36.3 Å². The Balaban J connectivity index is 2.92. The molecule has 6 heteroatoms. The van der Waals surface area contributed by atoms with E-state index in [2.05, 4.69) is 73.0 Å². The molecule has 0 aromatic carbocycles. The highest BCUT2D eigenvalue weighted by Gasteiger charge is 2.48. The molecule has 0 saturated carbocycles. The Bertz CT molecular complexity index is 422. The highest BCUT2D eigenvalue weighted by Crippen LogP contribution is 2.40. The molecule has 1 saturated heterocycles. The molecule has 0 radical (unpaired) electrons. The van der Waals surface area contributed by atoms with Gasteiger partial charge in [-0.15, -0.1) is 0 Å². The third kappa shape index (κ3) is 4.21. The Kier molecular flexibility index (Phi) is 5.45. The predicted molar refractivity (Wildman–Crippen MR) is 97.1 cm³/mol. The SMILES string of the molecule is CC(C)(C)[Si](C)(C)OC1CNC(=O)C1O[Si](C)(C)C(C)(C)C. The van der Waals surface area contributed by atoms with Crippen LogP contribution < -0.4 is 5.32 Å². The van der Waals surface area contributed by atoms with Crippen molar-refractivity contribution in [2.24, 2.45) is 0 Å². The summed E-state index contributed by atoms with van der Waals surface area (Å²) < 4.78 is 12.8. The number of hydrogen-bond donors (Lipinski definition) is 1. The van der Waals surface area contributed by atoms with Crippen molar-refractivity contribution in [3.63, 3.8) is 0 Å². The number of amides is 1.